The fourth-order valence-corrected chi connectivity index (χ4v) is 3.73. The first-order valence-electron chi connectivity index (χ1n) is 13.3. The zero-order chi connectivity index (χ0) is 28.5. The molecule has 0 atom stereocenters. The molecule has 0 aromatic heterocycles. The number of hydrogen-bond donors (Lipinski definition) is 2. The van der Waals surface area contributed by atoms with Crippen LogP contribution in [0.1, 0.15) is 44.6 Å². The first kappa shape index (κ1) is 31.6. The second-order valence-electron chi connectivity index (χ2n) is 9.00. The molecule has 2 N–H and O–H groups in total. The smallest absolute Gasteiger partial charge is 0.335 e. The zero-order valence-corrected chi connectivity index (χ0v) is 22.8. The lowest BCUT2D eigenvalue weighted by atomic mass is 9.95. The Morgan fingerprint density at radius 2 is 1.33 bits per heavy atom. The number of aryl methyl sites for hydroxylation is 1. The van der Waals surface area contributed by atoms with Crippen LogP contribution in [-0.2, 0) is 25.5 Å². The molecule has 8 nitrogen and oxygen atoms in total. The summed E-state index contributed by atoms with van der Waals surface area (Å²) >= 11 is 0. The van der Waals surface area contributed by atoms with Crippen LogP contribution >= 0.6 is 0 Å². The van der Waals surface area contributed by atoms with Crippen LogP contribution in [0, 0.1) is 0 Å². The minimum absolute atomic E-state index is 0.00328. The van der Waals surface area contributed by atoms with Gasteiger partial charge >= 0.3 is 11.9 Å². The van der Waals surface area contributed by atoms with Crippen LogP contribution in [0.3, 0.4) is 0 Å². The van der Waals surface area contributed by atoms with Crippen molar-refractivity contribution in [3.8, 4) is 22.6 Å². The summed E-state index contributed by atoms with van der Waals surface area (Å²) in [5.41, 5.74) is 3.16. The fraction of sp³-hybridized carbons (Fsp3) is 0.419. The van der Waals surface area contributed by atoms with Crippen molar-refractivity contribution < 1.29 is 38.7 Å². The maximum absolute atomic E-state index is 11.7. The van der Waals surface area contributed by atoms with Gasteiger partial charge in [0.2, 0.25) is 0 Å². The van der Waals surface area contributed by atoms with E-state index in [1.54, 1.807) is 0 Å². The summed E-state index contributed by atoms with van der Waals surface area (Å²) in [6.45, 7) is 8.56. The molecule has 0 fully saturated rings. The minimum Gasteiger partial charge on any atom is -0.490 e. The van der Waals surface area contributed by atoms with E-state index in [9.17, 15) is 9.59 Å². The lowest BCUT2D eigenvalue weighted by molar-refractivity contribution is -0.141. The van der Waals surface area contributed by atoms with E-state index in [1.807, 2.05) is 36.4 Å². The Bertz CT molecular complexity index is 1090. The normalized spacial score (nSPS) is 10.5. The molecule has 39 heavy (non-hydrogen) atoms. The molecule has 0 radical (unpaired) electrons. The van der Waals surface area contributed by atoms with Crippen LogP contribution in [0.15, 0.2) is 66.8 Å². The van der Waals surface area contributed by atoms with E-state index < -0.39 is 25.2 Å². The maximum Gasteiger partial charge on any atom is 0.335 e. The summed E-state index contributed by atoms with van der Waals surface area (Å²) in [4.78, 5) is 23.3. The average Bonchev–Trinajstić information content (AvgIpc) is 2.96. The Balaban J connectivity index is 2.09. The van der Waals surface area contributed by atoms with E-state index in [4.69, 9.17) is 29.2 Å². The molecule has 8 heteroatoms. The standard InChI is InChI=1S/C31H40O8/c1-4-5-6-7-8-10-25-13-14-28(37-16-18-39-31(35)24(3)22-33)20-29(25)26-11-9-12-27(19-26)36-15-17-38-30(34)23(2)21-32/h9,11-14,19-20,32-33H,2-8,10,15-18,21-22H2,1H3. The van der Waals surface area contributed by atoms with Gasteiger partial charge in [-0.1, -0.05) is 64.0 Å². The Morgan fingerprint density at radius 1 is 0.744 bits per heavy atom. The van der Waals surface area contributed by atoms with Gasteiger partial charge in [-0.2, -0.15) is 0 Å². The van der Waals surface area contributed by atoms with E-state index in [0.717, 1.165) is 24.0 Å². The number of aliphatic hydroxyl groups excluding tert-OH is 2. The van der Waals surface area contributed by atoms with E-state index in [1.165, 1.54) is 31.2 Å². The van der Waals surface area contributed by atoms with Crippen LogP contribution in [0.25, 0.3) is 11.1 Å². The highest BCUT2D eigenvalue weighted by atomic mass is 16.6. The minimum atomic E-state index is -0.650. The number of rotatable bonds is 19. The first-order chi connectivity index (χ1) is 18.9. The van der Waals surface area contributed by atoms with E-state index in [2.05, 4.69) is 26.1 Å². The Morgan fingerprint density at radius 3 is 1.92 bits per heavy atom. The lowest BCUT2D eigenvalue weighted by Gasteiger charge is -2.15. The van der Waals surface area contributed by atoms with Crippen LogP contribution in [0.4, 0.5) is 0 Å². The third-order valence-electron chi connectivity index (χ3n) is 5.91. The van der Waals surface area contributed by atoms with Crippen molar-refractivity contribution in [3.63, 3.8) is 0 Å². The Hall–Kier alpha value is -3.62. The molecule has 0 aliphatic heterocycles. The molecule has 0 unspecified atom stereocenters. The first-order valence-corrected chi connectivity index (χ1v) is 13.3. The van der Waals surface area contributed by atoms with Gasteiger partial charge in [0.05, 0.1) is 24.4 Å². The average molecular weight is 541 g/mol. The van der Waals surface area contributed by atoms with Gasteiger partial charge < -0.3 is 29.2 Å². The molecule has 0 amide bonds. The van der Waals surface area contributed by atoms with E-state index in [-0.39, 0.29) is 37.6 Å². The Labute approximate surface area is 230 Å². The van der Waals surface area contributed by atoms with Gasteiger partial charge in [0.25, 0.3) is 0 Å². The molecule has 0 spiro atoms. The summed E-state index contributed by atoms with van der Waals surface area (Å²) in [6.07, 6.45) is 6.82. The SMILES string of the molecule is C=C(CO)C(=O)OCCOc1cccc(-c2cc(OCCOC(=O)C(=C)CO)ccc2CCCCCCC)c1. The summed E-state index contributed by atoms with van der Waals surface area (Å²) in [5, 5.41) is 17.9. The summed E-state index contributed by atoms with van der Waals surface area (Å²) in [5.74, 6) is -0.0339. The number of carbonyl (C=O) groups excluding carboxylic acids is 2. The molecule has 0 heterocycles. The van der Waals surface area contributed by atoms with Gasteiger partial charge in [0.1, 0.15) is 37.9 Å². The molecular weight excluding hydrogens is 500 g/mol. The van der Waals surface area contributed by atoms with Crippen molar-refractivity contribution in [1.29, 1.82) is 0 Å². The third kappa shape index (κ3) is 11.3. The molecule has 2 aromatic carbocycles. The maximum atomic E-state index is 11.7. The monoisotopic (exact) mass is 540 g/mol. The number of aliphatic hydroxyl groups is 2. The predicted molar refractivity (Wildman–Crippen MR) is 150 cm³/mol. The van der Waals surface area contributed by atoms with Crippen molar-refractivity contribution in [2.45, 2.75) is 45.4 Å². The third-order valence-corrected chi connectivity index (χ3v) is 5.91. The highest BCUT2D eigenvalue weighted by Crippen LogP contribution is 2.31. The molecular formula is C31H40O8. The Kier molecular flexibility index (Phi) is 14.4. The molecule has 0 saturated carbocycles. The molecule has 2 aromatic rings. The number of unbranched alkanes of at least 4 members (excludes halogenated alkanes) is 4. The van der Waals surface area contributed by atoms with E-state index >= 15 is 0 Å². The van der Waals surface area contributed by atoms with E-state index in [0.29, 0.717) is 11.5 Å². The predicted octanol–water partition coefficient (Wildman–Crippen LogP) is 4.81. The van der Waals surface area contributed by atoms with Crippen molar-refractivity contribution in [3.05, 3.63) is 72.3 Å². The lowest BCUT2D eigenvalue weighted by Crippen LogP contribution is -2.15. The van der Waals surface area contributed by atoms with Gasteiger partial charge in [-0.25, -0.2) is 9.59 Å². The highest BCUT2D eigenvalue weighted by molar-refractivity contribution is 5.88. The van der Waals surface area contributed by atoms with Gasteiger partial charge in [-0.3, -0.25) is 0 Å². The van der Waals surface area contributed by atoms with Crippen molar-refractivity contribution >= 4 is 11.9 Å². The zero-order valence-electron chi connectivity index (χ0n) is 22.8. The highest BCUT2D eigenvalue weighted by Gasteiger charge is 2.11. The molecule has 0 bridgehead atoms. The molecule has 2 rings (SSSR count). The van der Waals surface area contributed by atoms with Crippen LogP contribution in [0.2, 0.25) is 0 Å². The molecule has 0 aliphatic carbocycles. The summed E-state index contributed by atoms with van der Waals surface area (Å²) in [7, 11) is 0. The van der Waals surface area contributed by atoms with Crippen LogP contribution in [0.5, 0.6) is 11.5 Å². The van der Waals surface area contributed by atoms with Gasteiger partial charge in [0.15, 0.2) is 0 Å². The van der Waals surface area contributed by atoms with Gasteiger partial charge in [-0.05, 0) is 53.8 Å². The van der Waals surface area contributed by atoms with Gasteiger partial charge in [0, 0.05) is 0 Å². The van der Waals surface area contributed by atoms with Crippen molar-refractivity contribution in [1.82, 2.24) is 0 Å². The second kappa shape index (κ2) is 17.8. The van der Waals surface area contributed by atoms with Crippen LogP contribution < -0.4 is 9.47 Å². The van der Waals surface area contributed by atoms with Gasteiger partial charge in [-0.15, -0.1) is 0 Å². The number of hydrogen-bond acceptors (Lipinski definition) is 8. The summed E-state index contributed by atoms with van der Waals surface area (Å²) in [6, 6.07) is 13.6. The largest absolute Gasteiger partial charge is 0.490 e. The van der Waals surface area contributed by atoms with Crippen molar-refractivity contribution in [2.75, 3.05) is 39.6 Å². The molecule has 212 valence electrons. The fourth-order valence-electron chi connectivity index (χ4n) is 3.73. The number of esters is 2. The quantitative estimate of drug-likeness (QED) is 0.148. The molecule has 0 aliphatic rings. The molecule has 0 saturated heterocycles. The number of benzene rings is 2. The van der Waals surface area contributed by atoms with Crippen LogP contribution in [-0.4, -0.2) is 61.8 Å². The number of carbonyl (C=O) groups is 2. The number of ether oxygens (including phenoxy) is 4. The topological polar surface area (TPSA) is 112 Å². The summed E-state index contributed by atoms with van der Waals surface area (Å²) < 4.78 is 21.7. The van der Waals surface area contributed by atoms with Crippen molar-refractivity contribution in [2.24, 2.45) is 0 Å². The second-order valence-corrected chi connectivity index (χ2v) is 9.00.